The summed E-state index contributed by atoms with van der Waals surface area (Å²) >= 11 is 0. The maximum Gasteiger partial charge on any atom is 0.225 e. The summed E-state index contributed by atoms with van der Waals surface area (Å²) < 4.78 is 10.7. The molecule has 21 heavy (non-hydrogen) atoms. The second-order valence-corrected chi connectivity index (χ2v) is 5.06. The lowest BCUT2D eigenvalue weighted by atomic mass is 10.2. The molecule has 2 heterocycles. The van der Waals surface area contributed by atoms with Crippen molar-refractivity contribution in [3.8, 4) is 0 Å². The number of hydrogen-bond acceptors (Lipinski definition) is 5. The van der Waals surface area contributed by atoms with Crippen molar-refractivity contribution in [3.05, 3.63) is 30.1 Å². The van der Waals surface area contributed by atoms with E-state index in [0.717, 1.165) is 18.7 Å². The average molecular weight is 293 g/mol. The summed E-state index contributed by atoms with van der Waals surface area (Å²) in [5, 5.41) is 3.24. The van der Waals surface area contributed by atoms with Crippen LogP contribution in [-0.4, -0.2) is 61.9 Å². The van der Waals surface area contributed by atoms with Gasteiger partial charge >= 0.3 is 0 Å². The van der Waals surface area contributed by atoms with Crippen LogP contribution in [-0.2, 0) is 20.8 Å². The van der Waals surface area contributed by atoms with Crippen LogP contribution in [0.15, 0.2) is 24.5 Å². The maximum atomic E-state index is 12.5. The van der Waals surface area contributed by atoms with Gasteiger partial charge in [0.15, 0.2) is 0 Å². The molecular formula is C15H23N3O3. The van der Waals surface area contributed by atoms with Gasteiger partial charge in [0.1, 0.15) is 0 Å². The van der Waals surface area contributed by atoms with E-state index in [0.29, 0.717) is 32.7 Å². The molecule has 0 aliphatic carbocycles. The van der Waals surface area contributed by atoms with Gasteiger partial charge < -0.3 is 19.7 Å². The van der Waals surface area contributed by atoms with Crippen LogP contribution in [0.1, 0.15) is 12.0 Å². The van der Waals surface area contributed by atoms with E-state index in [-0.39, 0.29) is 12.0 Å². The van der Waals surface area contributed by atoms with Crippen LogP contribution in [0.2, 0.25) is 0 Å². The number of carbonyl (C=O) groups excluding carboxylic acids is 1. The summed E-state index contributed by atoms with van der Waals surface area (Å²) in [4.78, 5) is 18.3. The van der Waals surface area contributed by atoms with Gasteiger partial charge in [-0.15, -0.1) is 0 Å². The Morgan fingerprint density at radius 3 is 3.00 bits per heavy atom. The van der Waals surface area contributed by atoms with Crippen molar-refractivity contribution in [1.82, 2.24) is 15.2 Å². The van der Waals surface area contributed by atoms with E-state index in [4.69, 9.17) is 9.47 Å². The van der Waals surface area contributed by atoms with Crippen LogP contribution in [0.4, 0.5) is 0 Å². The largest absolute Gasteiger partial charge is 0.383 e. The average Bonchev–Trinajstić information content (AvgIpc) is 2.53. The van der Waals surface area contributed by atoms with E-state index in [1.54, 1.807) is 19.5 Å². The monoisotopic (exact) mass is 293 g/mol. The van der Waals surface area contributed by atoms with Crippen molar-refractivity contribution in [2.24, 2.45) is 0 Å². The van der Waals surface area contributed by atoms with Gasteiger partial charge in [0.25, 0.3) is 0 Å². The molecule has 0 bridgehead atoms. The Kier molecular flexibility index (Phi) is 6.59. The van der Waals surface area contributed by atoms with Gasteiger partial charge in [-0.25, -0.2) is 0 Å². The van der Waals surface area contributed by atoms with Crippen LogP contribution >= 0.6 is 0 Å². The Morgan fingerprint density at radius 1 is 1.52 bits per heavy atom. The fourth-order valence-corrected chi connectivity index (χ4v) is 2.28. The van der Waals surface area contributed by atoms with Gasteiger partial charge in [0.2, 0.25) is 5.91 Å². The summed E-state index contributed by atoms with van der Waals surface area (Å²) in [6.45, 7) is 3.94. The van der Waals surface area contributed by atoms with Crippen molar-refractivity contribution in [2.45, 2.75) is 19.1 Å². The van der Waals surface area contributed by atoms with Gasteiger partial charge in [-0.1, -0.05) is 0 Å². The quantitative estimate of drug-likeness (QED) is 0.790. The second-order valence-electron chi connectivity index (χ2n) is 5.06. The number of nitrogens with one attached hydrogen (secondary N) is 1. The Morgan fingerprint density at radius 2 is 2.33 bits per heavy atom. The molecule has 0 radical (unpaired) electrons. The predicted octanol–water partition coefficient (Wildman–Crippen LogP) is 0.435. The van der Waals surface area contributed by atoms with Gasteiger partial charge in [0, 0.05) is 45.7 Å². The molecule has 1 N–H and O–H groups in total. The molecule has 1 aliphatic rings. The van der Waals surface area contributed by atoms with Crippen LogP contribution < -0.4 is 5.32 Å². The number of rotatable bonds is 7. The third-order valence-electron chi connectivity index (χ3n) is 3.45. The molecule has 0 unspecified atom stereocenters. The number of amides is 1. The number of ether oxygens (including phenoxy) is 2. The summed E-state index contributed by atoms with van der Waals surface area (Å²) in [6.07, 6.45) is 3.85. The van der Waals surface area contributed by atoms with Gasteiger partial charge in [-0.3, -0.25) is 9.78 Å². The topological polar surface area (TPSA) is 63.7 Å². The Bertz CT molecular complexity index is 421. The fourth-order valence-electron chi connectivity index (χ4n) is 2.28. The zero-order valence-electron chi connectivity index (χ0n) is 12.5. The Labute approximate surface area is 125 Å². The van der Waals surface area contributed by atoms with E-state index in [9.17, 15) is 4.79 Å². The minimum atomic E-state index is -0.0336. The molecule has 2 rings (SSSR count). The molecule has 1 saturated heterocycles. The zero-order chi connectivity index (χ0) is 14.9. The van der Waals surface area contributed by atoms with Gasteiger partial charge in [-0.05, 0) is 17.7 Å². The molecule has 1 amide bonds. The first-order chi connectivity index (χ1) is 10.3. The lowest BCUT2D eigenvalue weighted by Crippen LogP contribution is -2.43. The number of morpholine rings is 1. The first-order valence-electron chi connectivity index (χ1n) is 7.27. The van der Waals surface area contributed by atoms with Crippen molar-refractivity contribution < 1.29 is 14.3 Å². The van der Waals surface area contributed by atoms with E-state index >= 15 is 0 Å². The Hall–Kier alpha value is -1.50. The first kappa shape index (κ1) is 15.9. The highest BCUT2D eigenvalue weighted by molar-refractivity contribution is 5.76. The summed E-state index contributed by atoms with van der Waals surface area (Å²) in [5.41, 5.74) is 1.07. The molecule has 6 heteroatoms. The van der Waals surface area contributed by atoms with Crippen molar-refractivity contribution in [2.75, 3.05) is 40.0 Å². The smallest absolute Gasteiger partial charge is 0.225 e. The van der Waals surface area contributed by atoms with E-state index < -0.39 is 0 Å². The van der Waals surface area contributed by atoms with Gasteiger partial charge in [-0.2, -0.15) is 0 Å². The van der Waals surface area contributed by atoms with Crippen LogP contribution in [0, 0.1) is 0 Å². The SMILES string of the molecule is COCCN(Cc1ccncc1)C(=O)C[C@H]1CNCCO1. The molecule has 1 aromatic rings. The number of methoxy groups -OCH3 is 1. The fraction of sp³-hybridized carbons (Fsp3) is 0.600. The standard InChI is InChI=1S/C15H23N3O3/c1-20-9-7-18(12-13-2-4-16-5-3-13)15(19)10-14-11-17-6-8-21-14/h2-5,14,17H,6-12H2,1H3/t14-/m0/s1. The van der Waals surface area contributed by atoms with Crippen molar-refractivity contribution in [1.29, 1.82) is 0 Å². The van der Waals surface area contributed by atoms with E-state index in [1.807, 2.05) is 17.0 Å². The van der Waals surface area contributed by atoms with Crippen LogP contribution in [0.5, 0.6) is 0 Å². The maximum absolute atomic E-state index is 12.5. The number of hydrogen-bond donors (Lipinski definition) is 1. The third-order valence-corrected chi connectivity index (χ3v) is 3.45. The van der Waals surface area contributed by atoms with E-state index in [1.165, 1.54) is 0 Å². The molecule has 0 saturated carbocycles. The summed E-state index contributed by atoms with van der Waals surface area (Å²) in [7, 11) is 1.64. The second kappa shape index (κ2) is 8.71. The highest BCUT2D eigenvalue weighted by Crippen LogP contribution is 2.09. The molecule has 1 aromatic heterocycles. The molecule has 1 fully saturated rings. The van der Waals surface area contributed by atoms with Crippen LogP contribution in [0.3, 0.4) is 0 Å². The van der Waals surface area contributed by atoms with Crippen molar-refractivity contribution >= 4 is 5.91 Å². The predicted molar refractivity (Wildman–Crippen MR) is 78.8 cm³/mol. The number of nitrogens with zero attached hydrogens (tertiary/aromatic N) is 2. The Balaban J connectivity index is 1.92. The highest BCUT2D eigenvalue weighted by Gasteiger charge is 2.21. The molecule has 6 nitrogen and oxygen atoms in total. The first-order valence-corrected chi connectivity index (χ1v) is 7.27. The highest BCUT2D eigenvalue weighted by atomic mass is 16.5. The number of pyridine rings is 1. The normalized spacial score (nSPS) is 18.4. The zero-order valence-corrected chi connectivity index (χ0v) is 12.5. The molecule has 116 valence electrons. The molecule has 1 atom stereocenters. The van der Waals surface area contributed by atoms with Crippen LogP contribution in [0.25, 0.3) is 0 Å². The number of carbonyl (C=O) groups is 1. The number of aromatic nitrogens is 1. The molecule has 0 aromatic carbocycles. The summed E-state index contributed by atoms with van der Waals surface area (Å²) in [5.74, 6) is 0.0950. The lowest BCUT2D eigenvalue weighted by molar-refractivity contribution is -0.136. The van der Waals surface area contributed by atoms with Gasteiger partial charge in [0.05, 0.1) is 25.7 Å². The minimum absolute atomic E-state index is 0.0336. The minimum Gasteiger partial charge on any atom is -0.383 e. The van der Waals surface area contributed by atoms with E-state index in [2.05, 4.69) is 10.3 Å². The third kappa shape index (κ3) is 5.41. The van der Waals surface area contributed by atoms with Crippen molar-refractivity contribution in [3.63, 3.8) is 0 Å². The summed E-state index contributed by atoms with van der Waals surface area (Å²) in [6, 6.07) is 3.84. The lowest BCUT2D eigenvalue weighted by Gasteiger charge is -2.27. The molecule has 0 spiro atoms. The molecular weight excluding hydrogens is 270 g/mol. The molecule has 1 aliphatic heterocycles.